The normalized spacial score (nSPS) is 24.7. The zero-order valence-corrected chi connectivity index (χ0v) is 27.1. The molecule has 14 nitrogen and oxygen atoms in total. The number of likely N-dealkylation sites (N-methyl/N-ethyl adjacent to an activating group) is 1. The van der Waals surface area contributed by atoms with E-state index in [0.29, 0.717) is 0 Å². The number of aliphatic hydroxyl groups excluding tert-OH is 2. The van der Waals surface area contributed by atoms with Crippen molar-refractivity contribution in [3.05, 3.63) is 39.9 Å². The van der Waals surface area contributed by atoms with Gasteiger partial charge in [0.25, 0.3) is 5.91 Å². The third-order valence-corrected chi connectivity index (χ3v) is 8.83. The topological polar surface area (TPSA) is 229 Å². The average Bonchev–Trinajstić information content (AvgIpc) is 2.93. The van der Waals surface area contributed by atoms with Crippen molar-refractivity contribution in [3.63, 3.8) is 0 Å². The minimum Gasteiger partial charge on any atom is -0.508 e. The zero-order valence-electron chi connectivity index (χ0n) is 27.1. The highest BCUT2D eigenvalue weighted by Crippen LogP contribution is 2.53. The molecule has 1 fully saturated rings. The summed E-state index contributed by atoms with van der Waals surface area (Å²) in [6.45, 7) is 6.45. The van der Waals surface area contributed by atoms with Crippen LogP contribution in [0.25, 0.3) is 5.76 Å². The van der Waals surface area contributed by atoms with Crippen LogP contribution >= 0.6 is 0 Å². The van der Waals surface area contributed by atoms with Crippen molar-refractivity contribution in [3.8, 4) is 5.75 Å². The van der Waals surface area contributed by atoms with Crippen LogP contribution in [0.3, 0.4) is 0 Å². The largest absolute Gasteiger partial charge is 0.508 e. The van der Waals surface area contributed by atoms with Gasteiger partial charge in [0, 0.05) is 29.7 Å². The molecule has 15 heteroatoms. The van der Waals surface area contributed by atoms with Crippen LogP contribution in [0.2, 0.25) is 0 Å². The zero-order chi connectivity index (χ0) is 35.3. The molecule has 5 atom stereocenters. The van der Waals surface area contributed by atoms with Gasteiger partial charge in [0.1, 0.15) is 34.3 Å². The van der Waals surface area contributed by atoms with Crippen LogP contribution in [0.15, 0.2) is 23.0 Å². The first-order chi connectivity index (χ1) is 21.7. The van der Waals surface area contributed by atoms with E-state index >= 15 is 4.39 Å². The van der Waals surface area contributed by atoms with Gasteiger partial charge in [-0.25, -0.2) is 9.18 Å². The molecule has 1 aromatic rings. The Labute approximate surface area is 270 Å². The van der Waals surface area contributed by atoms with Gasteiger partial charge in [0.2, 0.25) is 5.78 Å². The monoisotopic (exact) mass is 660 g/mol. The highest BCUT2D eigenvalue weighted by Gasteiger charge is 2.64. The summed E-state index contributed by atoms with van der Waals surface area (Å²) in [4.78, 5) is 64.8. The number of anilines is 1. The van der Waals surface area contributed by atoms with Crippen molar-refractivity contribution in [2.24, 2.45) is 17.6 Å². The minimum absolute atomic E-state index is 0.0976. The number of aliphatic hydroxyl groups is 3. The van der Waals surface area contributed by atoms with E-state index < -0.39 is 98.5 Å². The van der Waals surface area contributed by atoms with Crippen molar-refractivity contribution in [1.82, 2.24) is 10.2 Å². The Kier molecular flexibility index (Phi) is 9.48. The molecule has 0 bridgehead atoms. The molecule has 47 heavy (non-hydrogen) atoms. The second-order valence-corrected chi connectivity index (χ2v) is 13.4. The van der Waals surface area contributed by atoms with Gasteiger partial charge in [-0.2, -0.15) is 0 Å². The van der Waals surface area contributed by atoms with E-state index in [9.17, 15) is 44.4 Å². The third kappa shape index (κ3) is 6.29. The van der Waals surface area contributed by atoms with Crippen LogP contribution in [0, 0.1) is 17.7 Å². The fourth-order valence-electron chi connectivity index (χ4n) is 6.76. The number of benzene rings is 1. The molecule has 1 saturated carbocycles. The second-order valence-electron chi connectivity index (χ2n) is 13.4. The van der Waals surface area contributed by atoms with Gasteiger partial charge in [0.05, 0.1) is 23.3 Å². The molecule has 0 spiro atoms. The summed E-state index contributed by atoms with van der Waals surface area (Å²) in [5.74, 6) is -9.38. The van der Waals surface area contributed by atoms with Crippen molar-refractivity contribution < 1.29 is 53.5 Å². The number of nitrogens with one attached hydrogen (secondary N) is 2. The lowest BCUT2D eigenvalue weighted by Gasteiger charge is -2.50. The highest BCUT2D eigenvalue weighted by atomic mass is 19.1. The molecule has 0 unspecified atom stereocenters. The third-order valence-electron chi connectivity index (χ3n) is 8.83. The molecule has 0 aliphatic heterocycles. The van der Waals surface area contributed by atoms with Gasteiger partial charge in [-0.1, -0.05) is 0 Å². The fourth-order valence-corrected chi connectivity index (χ4v) is 6.76. The molecule has 0 heterocycles. The Morgan fingerprint density at radius 1 is 1.19 bits per heavy atom. The number of Topliss-reactive ketones (excluding diaryl/α,β-unsaturated/α-hetero) is 3. The number of ketones is 3. The summed E-state index contributed by atoms with van der Waals surface area (Å²) < 4.78 is 20.7. The summed E-state index contributed by atoms with van der Waals surface area (Å²) in [6, 6.07) is -1.09. The van der Waals surface area contributed by atoms with Crippen LogP contribution in [0.5, 0.6) is 5.75 Å². The number of hydrogen-bond donors (Lipinski definition) is 7. The summed E-state index contributed by atoms with van der Waals surface area (Å²) >= 11 is 0. The number of rotatable bonds is 9. The molecule has 0 saturated heterocycles. The number of aromatic hydroxyl groups is 1. The number of amides is 2. The Bertz CT molecular complexity index is 1610. The second kappa shape index (κ2) is 12.6. The van der Waals surface area contributed by atoms with Crippen LogP contribution in [-0.4, -0.2) is 98.6 Å². The fraction of sp³-hybridized carbons (Fsp3) is 0.531. The van der Waals surface area contributed by atoms with Crippen LogP contribution in [0.1, 0.15) is 58.1 Å². The number of nitrogens with two attached hydrogens (primary N) is 1. The summed E-state index contributed by atoms with van der Waals surface area (Å²) in [5, 5.41) is 50.5. The smallest absolute Gasteiger partial charge is 0.408 e. The van der Waals surface area contributed by atoms with E-state index in [1.807, 2.05) is 0 Å². The number of halogens is 1. The Hall–Kier alpha value is -4.50. The number of hydrogen-bond acceptors (Lipinski definition) is 12. The number of alkyl carbamates (subject to hydrolysis) is 1. The minimum atomic E-state index is -2.81. The quantitative estimate of drug-likeness (QED) is 0.114. The average molecular weight is 661 g/mol. The van der Waals surface area contributed by atoms with Crippen molar-refractivity contribution >= 4 is 40.8 Å². The Morgan fingerprint density at radius 2 is 1.83 bits per heavy atom. The molecule has 2 amide bonds. The first-order valence-corrected chi connectivity index (χ1v) is 15.1. The van der Waals surface area contributed by atoms with Crippen molar-refractivity contribution in [1.29, 1.82) is 0 Å². The molecule has 1 aromatic carbocycles. The molecule has 0 radical (unpaired) electrons. The maximum Gasteiger partial charge on any atom is 0.408 e. The van der Waals surface area contributed by atoms with E-state index in [1.54, 1.807) is 20.8 Å². The van der Waals surface area contributed by atoms with Gasteiger partial charge < -0.3 is 41.5 Å². The van der Waals surface area contributed by atoms with E-state index in [-0.39, 0.29) is 49.3 Å². The summed E-state index contributed by atoms with van der Waals surface area (Å²) in [7, 11) is 2.97. The number of ether oxygens (including phenoxy) is 1. The summed E-state index contributed by atoms with van der Waals surface area (Å²) in [5.41, 5.74) is -0.204. The van der Waals surface area contributed by atoms with Crippen LogP contribution in [-0.2, 0) is 30.3 Å². The van der Waals surface area contributed by atoms with Crippen molar-refractivity contribution in [2.45, 2.75) is 76.7 Å². The van der Waals surface area contributed by atoms with Gasteiger partial charge in [-0.3, -0.25) is 24.1 Å². The van der Waals surface area contributed by atoms with Gasteiger partial charge in [-0.05, 0) is 73.4 Å². The van der Waals surface area contributed by atoms with E-state index in [1.165, 1.54) is 25.9 Å². The standard InChI is InChI=1S/C32H41FN4O10/c1-13(38)18(36-30(45)47-31(2,3)4)8-7-9-35-19-12-17(33)15-10-14-11-16-23(37(5)6)26(41)22(29(34)44)28(43)32(16,46)27(42)20(14)25(40)21(15)24(19)39/h12,14,16,18,23,35,39-40,43,46H,7-11H2,1-6H3,(H2,34,44)(H,36,45)/t14-,16-,18-,23-,32-/m0/s1. The predicted octanol–water partition coefficient (Wildman–Crippen LogP) is 1.78. The molecule has 3 aliphatic carbocycles. The molecular weight excluding hydrogens is 619 g/mol. The maximum absolute atomic E-state index is 15.6. The lowest BCUT2D eigenvalue weighted by molar-refractivity contribution is -0.153. The van der Waals surface area contributed by atoms with Gasteiger partial charge in [-0.15, -0.1) is 0 Å². The highest BCUT2D eigenvalue weighted by molar-refractivity contribution is 6.24. The molecule has 256 valence electrons. The molecule has 8 N–H and O–H groups in total. The number of phenols is 1. The van der Waals surface area contributed by atoms with Crippen LogP contribution < -0.4 is 16.4 Å². The molecular formula is C32H41FN4O10. The first-order valence-electron chi connectivity index (χ1n) is 15.1. The number of nitrogens with zero attached hydrogens (tertiary/aromatic N) is 1. The number of carbonyl (C=O) groups is 5. The SMILES string of the molecule is CC(=O)[C@H](CCCNc1cc(F)c2c(c1O)C(O)=C1C(=O)[C@]3(O)C(O)=C(C(N)=O)C(=O)[C@@H](N(C)C)[C@@H]3C[C@@H]1C2)NC(=O)OC(C)(C)C. The molecule has 0 aromatic heterocycles. The Morgan fingerprint density at radius 3 is 2.38 bits per heavy atom. The van der Waals surface area contributed by atoms with E-state index in [4.69, 9.17) is 10.5 Å². The van der Waals surface area contributed by atoms with Crippen LogP contribution in [0.4, 0.5) is 14.9 Å². The Balaban J connectivity index is 1.63. The summed E-state index contributed by atoms with van der Waals surface area (Å²) in [6.07, 6.45) is -0.658. The van der Waals surface area contributed by atoms with Gasteiger partial charge >= 0.3 is 6.09 Å². The molecule has 4 rings (SSSR count). The number of primary amides is 1. The predicted molar refractivity (Wildman–Crippen MR) is 166 cm³/mol. The lowest BCUT2D eigenvalue weighted by atomic mass is 9.57. The van der Waals surface area contributed by atoms with Gasteiger partial charge in [0.15, 0.2) is 17.2 Å². The maximum atomic E-state index is 15.6. The molecule has 3 aliphatic rings. The van der Waals surface area contributed by atoms with E-state index in [2.05, 4.69) is 10.6 Å². The first kappa shape index (κ1) is 35.4. The number of fused-ring (bicyclic) bond motifs is 3. The number of phenolic OH excluding ortho intramolecular Hbond substituents is 1. The number of carbonyl (C=O) groups excluding carboxylic acids is 5. The van der Waals surface area contributed by atoms with Crippen molar-refractivity contribution in [2.75, 3.05) is 26.0 Å². The lowest BCUT2D eigenvalue weighted by Crippen LogP contribution is -2.65. The van der Waals surface area contributed by atoms with E-state index in [0.717, 1.165) is 6.07 Å².